The monoisotopic (exact) mass is 517 g/mol. The maximum Gasteiger partial charge on any atom is 0.126 e. The van der Waals surface area contributed by atoms with Crippen molar-refractivity contribution in [2.24, 2.45) is 0 Å². The van der Waals surface area contributed by atoms with E-state index >= 15 is 0 Å². The van der Waals surface area contributed by atoms with Crippen LogP contribution in [0, 0.1) is 0 Å². The molecule has 1 atom stereocenters. The SMILES string of the molecule is C=C(C)COCC(O)C[N+](CCCCCCCC)(CCCCCCCC)CCCCCCCC.[Cl-]. The summed E-state index contributed by atoms with van der Waals surface area (Å²) in [5.41, 5.74) is 1.03. The Labute approximate surface area is 227 Å². The zero-order valence-electron chi connectivity index (χ0n) is 24.4. The third-order valence-corrected chi connectivity index (χ3v) is 7.21. The molecule has 35 heavy (non-hydrogen) atoms. The van der Waals surface area contributed by atoms with Gasteiger partial charge in [-0.15, -0.1) is 0 Å². The minimum Gasteiger partial charge on any atom is -1.00 e. The maximum atomic E-state index is 10.9. The molecular formula is C31H64ClNO2. The lowest BCUT2D eigenvalue weighted by molar-refractivity contribution is -0.931. The van der Waals surface area contributed by atoms with Gasteiger partial charge in [-0.05, 0) is 45.4 Å². The van der Waals surface area contributed by atoms with Crippen LogP contribution in [0.15, 0.2) is 12.2 Å². The van der Waals surface area contributed by atoms with Gasteiger partial charge in [0.1, 0.15) is 12.6 Å². The van der Waals surface area contributed by atoms with Gasteiger partial charge in [0.2, 0.25) is 0 Å². The fourth-order valence-corrected chi connectivity index (χ4v) is 5.16. The molecule has 0 spiro atoms. The number of unbranched alkanes of at least 4 members (excludes halogenated alkanes) is 15. The van der Waals surface area contributed by atoms with Crippen LogP contribution in [0.25, 0.3) is 0 Å². The Morgan fingerprint density at radius 3 is 1.34 bits per heavy atom. The summed E-state index contributed by atoms with van der Waals surface area (Å²) < 4.78 is 6.86. The largest absolute Gasteiger partial charge is 1.00 e. The number of aliphatic hydroxyl groups excluding tert-OH is 1. The van der Waals surface area contributed by atoms with Crippen LogP contribution < -0.4 is 12.4 Å². The Hall–Kier alpha value is -0.0900. The molecule has 0 radical (unpaired) electrons. The van der Waals surface area contributed by atoms with E-state index in [9.17, 15) is 5.11 Å². The number of hydrogen-bond donors (Lipinski definition) is 1. The van der Waals surface area contributed by atoms with Crippen LogP contribution in [0.3, 0.4) is 0 Å². The zero-order valence-corrected chi connectivity index (χ0v) is 25.2. The summed E-state index contributed by atoms with van der Waals surface area (Å²) in [5, 5.41) is 10.9. The van der Waals surface area contributed by atoms with Crippen molar-refractivity contribution in [3.8, 4) is 0 Å². The molecule has 0 heterocycles. The first-order valence-electron chi connectivity index (χ1n) is 15.2. The van der Waals surface area contributed by atoms with Crippen LogP contribution in [0.1, 0.15) is 143 Å². The Bertz CT molecular complexity index is 403. The molecule has 1 unspecified atom stereocenters. The van der Waals surface area contributed by atoms with E-state index in [0.717, 1.165) is 16.6 Å². The van der Waals surface area contributed by atoms with Gasteiger partial charge in [0.05, 0.1) is 32.8 Å². The molecule has 1 N–H and O–H groups in total. The summed E-state index contributed by atoms with van der Waals surface area (Å²) in [5.74, 6) is 0. The first kappa shape index (κ1) is 37.1. The molecule has 4 heteroatoms. The van der Waals surface area contributed by atoms with E-state index in [1.807, 2.05) is 6.92 Å². The number of ether oxygens (including phenoxy) is 1. The van der Waals surface area contributed by atoms with Crippen LogP contribution in [-0.2, 0) is 4.74 Å². The molecule has 0 aliphatic carbocycles. The second kappa shape index (κ2) is 27.0. The topological polar surface area (TPSA) is 29.5 Å². The summed E-state index contributed by atoms with van der Waals surface area (Å²) >= 11 is 0. The van der Waals surface area contributed by atoms with Crippen LogP contribution in [0.4, 0.5) is 0 Å². The first-order valence-corrected chi connectivity index (χ1v) is 15.2. The number of rotatable bonds is 27. The van der Waals surface area contributed by atoms with Gasteiger partial charge in [-0.2, -0.15) is 0 Å². The number of nitrogens with zero attached hydrogens (tertiary/aromatic N) is 1. The minimum atomic E-state index is -0.375. The van der Waals surface area contributed by atoms with Crippen LogP contribution in [-0.4, -0.2) is 55.1 Å². The van der Waals surface area contributed by atoms with Gasteiger partial charge < -0.3 is 26.7 Å². The lowest BCUT2D eigenvalue weighted by Gasteiger charge is -2.41. The van der Waals surface area contributed by atoms with Gasteiger partial charge in [0, 0.05) is 0 Å². The number of quaternary nitrogens is 1. The minimum absolute atomic E-state index is 0. The van der Waals surface area contributed by atoms with Crippen molar-refractivity contribution in [2.45, 2.75) is 149 Å². The quantitative estimate of drug-likeness (QED) is 0.0842. The first-order chi connectivity index (χ1) is 16.5. The fourth-order valence-electron chi connectivity index (χ4n) is 5.16. The normalized spacial score (nSPS) is 12.5. The Morgan fingerprint density at radius 1 is 0.657 bits per heavy atom. The standard InChI is InChI=1S/C31H64NO2.ClH/c1-6-9-12-15-18-21-24-32(25-22-19-16-13-10-7-2,26-23-20-17-14-11-8-3)27-31(33)29-34-28-30(4)5;/h31,33H,4,6-29H2,1-3,5H3;1H/q+1;/p-1. The molecule has 0 saturated heterocycles. The molecule has 0 aliphatic heterocycles. The highest BCUT2D eigenvalue weighted by molar-refractivity contribution is 4.87. The van der Waals surface area contributed by atoms with Gasteiger partial charge in [0.15, 0.2) is 0 Å². The van der Waals surface area contributed by atoms with Crippen molar-refractivity contribution >= 4 is 0 Å². The van der Waals surface area contributed by atoms with Gasteiger partial charge >= 0.3 is 0 Å². The number of hydrogen-bond acceptors (Lipinski definition) is 2. The van der Waals surface area contributed by atoms with Crippen molar-refractivity contribution in [2.75, 3.05) is 39.4 Å². The van der Waals surface area contributed by atoms with Gasteiger partial charge in [-0.25, -0.2) is 0 Å². The fraction of sp³-hybridized carbons (Fsp3) is 0.935. The summed E-state index contributed by atoms with van der Waals surface area (Å²) in [6.45, 7) is 18.3. The van der Waals surface area contributed by atoms with Gasteiger partial charge in [-0.1, -0.05) is 110 Å². The van der Waals surface area contributed by atoms with E-state index in [0.29, 0.717) is 13.2 Å². The van der Waals surface area contributed by atoms with Crippen molar-refractivity contribution in [1.82, 2.24) is 0 Å². The predicted octanol–water partition coefficient (Wildman–Crippen LogP) is 5.84. The van der Waals surface area contributed by atoms with Gasteiger partial charge in [0.25, 0.3) is 0 Å². The van der Waals surface area contributed by atoms with E-state index in [4.69, 9.17) is 4.74 Å². The van der Waals surface area contributed by atoms with E-state index in [1.165, 1.54) is 135 Å². The summed E-state index contributed by atoms with van der Waals surface area (Å²) in [7, 11) is 0. The molecule has 0 fully saturated rings. The Kier molecular flexibility index (Phi) is 28.5. The maximum absolute atomic E-state index is 10.9. The molecule has 0 rings (SSSR count). The van der Waals surface area contributed by atoms with Crippen molar-refractivity contribution < 1.29 is 26.7 Å². The zero-order chi connectivity index (χ0) is 25.3. The smallest absolute Gasteiger partial charge is 0.126 e. The van der Waals surface area contributed by atoms with E-state index in [2.05, 4.69) is 27.4 Å². The van der Waals surface area contributed by atoms with E-state index < -0.39 is 0 Å². The average Bonchev–Trinajstić information content (AvgIpc) is 2.80. The Balaban J connectivity index is 0. The molecule has 0 aromatic heterocycles. The summed E-state index contributed by atoms with van der Waals surface area (Å²) in [4.78, 5) is 0. The predicted molar refractivity (Wildman–Crippen MR) is 151 cm³/mol. The highest BCUT2D eigenvalue weighted by Gasteiger charge is 2.29. The number of aliphatic hydroxyl groups is 1. The lowest BCUT2D eigenvalue weighted by Crippen LogP contribution is -3.00. The Morgan fingerprint density at radius 2 is 1.00 bits per heavy atom. The van der Waals surface area contributed by atoms with E-state index in [1.54, 1.807) is 0 Å². The third kappa shape index (κ3) is 24.0. The second-order valence-electron chi connectivity index (χ2n) is 11.1. The molecule has 0 bridgehead atoms. The molecule has 212 valence electrons. The van der Waals surface area contributed by atoms with Gasteiger partial charge in [-0.3, -0.25) is 0 Å². The van der Waals surface area contributed by atoms with Crippen LogP contribution in [0.2, 0.25) is 0 Å². The van der Waals surface area contributed by atoms with Crippen molar-refractivity contribution in [1.29, 1.82) is 0 Å². The van der Waals surface area contributed by atoms with Crippen molar-refractivity contribution in [3.05, 3.63) is 12.2 Å². The van der Waals surface area contributed by atoms with Crippen LogP contribution >= 0.6 is 0 Å². The average molecular weight is 518 g/mol. The molecule has 0 aromatic rings. The highest BCUT2D eigenvalue weighted by Crippen LogP contribution is 2.20. The third-order valence-electron chi connectivity index (χ3n) is 7.21. The van der Waals surface area contributed by atoms with Crippen molar-refractivity contribution in [3.63, 3.8) is 0 Å². The molecule has 0 amide bonds. The molecule has 0 aliphatic rings. The molecular weight excluding hydrogens is 454 g/mol. The van der Waals surface area contributed by atoms with E-state index in [-0.39, 0.29) is 18.5 Å². The highest BCUT2D eigenvalue weighted by atomic mass is 35.5. The lowest BCUT2D eigenvalue weighted by atomic mass is 10.1. The molecule has 0 saturated carbocycles. The van der Waals surface area contributed by atoms with Crippen LogP contribution in [0.5, 0.6) is 0 Å². The second-order valence-corrected chi connectivity index (χ2v) is 11.1. The summed E-state index contributed by atoms with van der Waals surface area (Å²) in [6.07, 6.45) is 23.8. The molecule has 3 nitrogen and oxygen atoms in total. The summed E-state index contributed by atoms with van der Waals surface area (Å²) in [6, 6.07) is 0. The molecule has 0 aromatic carbocycles. The number of halogens is 1.